The number of aliphatic hydroxyl groups is 3. The highest BCUT2D eigenvalue weighted by Gasteiger charge is 2.65. The Kier molecular flexibility index (Phi) is 13.7. The number of piperidine rings is 1. The average Bonchev–Trinajstić information content (AvgIpc) is 3.05. The van der Waals surface area contributed by atoms with Gasteiger partial charge in [-0.1, -0.05) is 32.9 Å². The number of esters is 1. The van der Waals surface area contributed by atoms with E-state index in [-0.39, 0.29) is 49.7 Å². The smallest absolute Gasteiger partial charge is 0.329 e. The third-order valence-corrected chi connectivity index (χ3v) is 11.5. The fourth-order valence-electron chi connectivity index (χ4n) is 7.05. The predicted octanol–water partition coefficient (Wildman–Crippen LogP) is 3.44. The Labute approximate surface area is 288 Å². The molecule has 2 bridgehead atoms. The van der Waals surface area contributed by atoms with Crippen molar-refractivity contribution < 1.29 is 53.4 Å². The number of fused-ring (bicyclic) bond motifs is 3. The molecule has 0 spiro atoms. The molecule has 1 amide bonds. The first-order valence-corrected chi connectivity index (χ1v) is 17.7. The minimum absolute atomic E-state index is 0.0345. The summed E-state index contributed by atoms with van der Waals surface area (Å²) in [5, 5.41) is 34.8. The molecule has 13 heteroatoms. The first-order valence-electron chi connectivity index (χ1n) is 16.8. The van der Waals surface area contributed by atoms with Crippen LogP contribution in [0.4, 0.5) is 0 Å². The van der Waals surface area contributed by atoms with Gasteiger partial charge in [0.1, 0.15) is 23.5 Å². The molecule has 272 valence electrons. The molecule has 0 saturated carbocycles. The van der Waals surface area contributed by atoms with Gasteiger partial charge >= 0.3 is 5.97 Å². The van der Waals surface area contributed by atoms with Crippen LogP contribution in [0.1, 0.15) is 93.4 Å². The van der Waals surface area contributed by atoms with E-state index in [1.54, 1.807) is 39.8 Å². The number of hydrogen-bond donors (Lipinski definition) is 3. The van der Waals surface area contributed by atoms with Crippen molar-refractivity contribution in [2.24, 2.45) is 11.8 Å². The molecule has 0 radical (unpaired) electrons. The van der Waals surface area contributed by atoms with Gasteiger partial charge in [-0.3, -0.25) is 14.4 Å². The number of allylic oxidation sites excluding steroid dienone is 3. The van der Waals surface area contributed by atoms with Gasteiger partial charge in [-0.2, -0.15) is 0 Å². The van der Waals surface area contributed by atoms with Crippen LogP contribution in [0.3, 0.4) is 0 Å². The Hall–Kier alpha value is -2.13. The molecule has 2 saturated heterocycles. The Morgan fingerprint density at radius 2 is 1.79 bits per heavy atom. The number of hydrogen-bond acceptors (Lipinski definition) is 12. The molecule has 3 rings (SSSR count). The second-order valence-electron chi connectivity index (χ2n) is 13.8. The lowest BCUT2D eigenvalue weighted by Crippen LogP contribution is -2.72. The van der Waals surface area contributed by atoms with Crippen molar-refractivity contribution in [3.63, 3.8) is 0 Å². The standard InChI is InChI=1S/C35H55NO11S/c1-10-20(2)29-24(6)27(38)18-25(37)15-14-22(4)48-23(5)19-34(42,45-9)33(7)28(44-8)17-21(3)35(43,47-33)30(39)31(40)36-16-12-11-13-26(36)32(41)46-29/h10,14,21,23-24,26-29,38,42-43H,11-13,15-19H2,1-9H3/b20-10+,22-14+/t21-,23-,24-,26+,27+,28+,29-,33-,34-,35-/m1/s1. The van der Waals surface area contributed by atoms with Crippen LogP contribution in [-0.2, 0) is 38.1 Å². The number of carbonyl (C=O) groups excluding carboxylic acids is 4. The predicted molar refractivity (Wildman–Crippen MR) is 179 cm³/mol. The zero-order valence-corrected chi connectivity index (χ0v) is 30.6. The monoisotopic (exact) mass is 697 g/mol. The van der Waals surface area contributed by atoms with Gasteiger partial charge in [0, 0.05) is 57.1 Å². The molecule has 10 atom stereocenters. The van der Waals surface area contributed by atoms with E-state index in [0.29, 0.717) is 18.4 Å². The van der Waals surface area contributed by atoms with Crippen molar-refractivity contribution in [2.75, 3.05) is 20.8 Å². The molecule has 0 aromatic heterocycles. The van der Waals surface area contributed by atoms with Crippen molar-refractivity contribution in [1.82, 2.24) is 4.90 Å². The molecule has 0 aliphatic carbocycles. The molecular weight excluding hydrogens is 642 g/mol. The lowest BCUT2D eigenvalue weighted by atomic mass is 9.75. The van der Waals surface area contributed by atoms with Crippen LogP contribution in [0.5, 0.6) is 0 Å². The summed E-state index contributed by atoms with van der Waals surface area (Å²) < 4.78 is 23.5. The van der Waals surface area contributed by atoms with E-state index in [2.05, 4.69) is 0 Å². The second kappa shape index (κ2) is 16.3. The van der Waals surface area contributed by atoms with Crippen LogP contribution in [0.25, 0.3) is 0 Å². The molecule has 0 aromatic rings. The normalized spacial score (nSPS) is 41.5. The number of carbonyl (C=O) groups is 4. The maximum atomic E-state index is 14.1. The van der Waals surface area contributed by atoms with Gasteiger partial charge in [-0.25, -0.2) is 4.79 Å². The lowest BCUT2D eigenvalue weighted by Gasteiger charge is -2.55. The van der Waals surface area contributed by atoms with Crippen LogP contribution >= 0.6 is 11.8 Å². The molecule has 2 fully saturated rings. The van der Waals surface area contributed by atoms with Gasteiger partial charge < -0.3 is 39.2 Å². The van der Waals surface area contributed by atoms with E-state index in [9.17, 15) is 34.5 Å². The van der Waals surface area contributed by atoms with Crippen LogP contribution < -0.4 is 0 Å². The van der Waals surface area contributed by atoms with E-state index in [1.165, 1.54) is 32.9 Å². The van der Waals surface area contributed by atoms with E-state index >= 15 is 0 Å². The summed E-state index contributed by atoms with van der Waals surface area (Å²) in [6.45, 7) is 12.0. The van der Waals surface area contributed by atoms with Crippen LogP contribution in [0.2, 0.25) is 0 Å². The lowest BCUT2D eigenvalue weighted by molar-refractivity contribution is -0.399. The van der Waals surface area contributed by atoms with E-state index in [0.717, 1.165) is 9.81 Å². The third kappa shape index (κ3) is 8.25. The average molecular weight is 698 g/mol. The molecular formula is C35H55NO11S. The second-order valence-corrected chi connectivity index (χ2v) is 15.5. The summed E-state index contributed by atoms with van der Waals surface area (Å²) in [4.78, 5) is 56.7. The molecule has 48 heavy (non-hydrogen) atoms. The first kappa shape index (κ1) is 40.3. The molecule has 3 heterocycles. The van der Waals surface area contributed by atoms with Crippen molar-refractivity contribution in [3.8, 4) is 0 Å². The number of amides is 1. The fourth-order valence-corrected chi connectivity index (χ4v) is 8.17. The number of ether oxygens (including phenoxy) is 4. The van der Waals surface area contributed by atoms with E-state index in [1.807, 2.05) is 13.8 Å². The zero-order chi connectivity index (χ0) is 36.2. The number of cyclic esters (lactones) is 1. The number of rotatable bonds is 3. The highest BCUT2D eigenvalue weighted by Crippen LogP contribution is 2.48. The van der Waals surface area contributed by atoms with Gasteiger partial charge in [-0.15, -0.1) is 11.8 Å². The number of methoxy groups -OCH3 is 2. The largest absolute Gasteiger partial charge is 0.456 e. The molecule has 12 nitrogen and oxygen atoms in total. The van der Waals surface area contributed by atoms with Crippen LogP contribution in [0, 0.1) is 11.8 Å². The summed E-state index contributed by atoms with van der Waals surface area (Å²) in [6, 6.07) is -1.13. The van der Waals surface area contributed by atoms with Gasteiger partial charge in [-0.05, 0) is 63.9 Å². The molecule has 3 N–H and O–H groups in total. The zero-order valence-electron chi connectivity index (χ0n) is 29.8. The summed E-state index contributed by atoms with van der Waals surface area (Å²) in [5.74, 6) is -9.74. The van der Waals surface area contributed by atoms with Gasteiger partial charge in [0.2, 0.25) is 5.79 Å². The summed E-state index contributed by atoms with van der Waals surface area (Å²) in [5.41, 5.74) is -1.18. The number of nitrogens with zero attached hydrogens (tertiary/aromatic N) is 1. The Morgan fingerprint density at radius 1 is 1.12 bits per heavy atom. The van der Waals surface area contributed by atoms with Crippen molar-refractivity contribution in [1.29, 1.82) is 0 Å². The van der Waals surface area contributed by atoms with Crippen molar-refractivity contribution in [3.05, 3.63) is 22.6 Å². The maximum Gasteiger partial charge on any atom is 0.329 e. The van der Waals surface area contributed by atoms with Gasteiger partial charge in [0.25, 0.3) is 11.7 Å². The minimum atomic E-state index is -2.69. The van der Waals surface area contributed by atoms with Crippen molar-refractivity contribution >= 4 is 35.2 Å². The molecule has 3 aliphatic heterocycles. The number of aliphatic hydroxyl groups excluding tert-OH is 1. The highest BCUT2D eigenvalue weighted by molar-refractivity contribution is 8.03. The van der Waals surface area contributed by atoms with E-state index < -0.39 is 71.0 Å². The first-order chi connectivity index (χ1) is 22.4. The highest BCUT2D eigenvalue weighted by atomic mass is 32.2. The fraction of sp³-hybridized carbons (Fsp3) is 0.771. The summed E-state index contributed by atoms with van der Waals surface area (Å²) in [6.07, 6.45) is 1.86. The summed E-state index contributed by atoms with van der Waals surface area (Å²) >= 11 is 1.39. The van der Waals surface area contributed by atoms with Crippen LogP contribution in [-0.4, -0.2) is 111 Å². The summed E-state index contributed by atoms with van der Waals surface area (Å²) in [7, 11) is 2.70. The number of Topliss-reactive ketones (excluding diaryl/α,β-unsaturated/α-hetero) is 2. The van der Waals surface area contributed by atoms with Crippen molar-refractivity contribution in [2.45, 2.75) is 140 Å². The van der Waals surface area contributed by atoms with Gasteiger partial charge in [0.15, 0.2) is 5.79 Å². The minimum Gasteiger partial charge on any atom is -0.456 e. The molecule has 0 aromatic carbocycles. The number of ketones is 2. The van der Waals surface area contributed by atoms with Crippen LogP contribution in [0.15, 0.2) is 22.6 Å². The molecule has 3 aliphatic rings. The Bertz CT molecular complexity index is 1270. The van der Waals surface area contributed by atoms with Gasteiger partial charge in [0.05, 0.1) is 12.2 Å². The Balaban J connectivity index is 2.13. The van der Waals surface area contributed by atoms with E-state index in [4.69, 9.17) is 18.9 Å². The topological polar surface area (TPSA) is 169 Å². The SMILES string of the molecule is C/C=C(\C)[C@H]1OC(=O)[C@@H]2CCCCN2C(=O)C(=O)[C@]2(O)O[C@](C)([C@@H](OC)C[C@H]2C)[C@](O)(OC)C[C@@H](C)S/C(C)=C/CC(=O)C[C@H](O)[C@H]1C. The molecule has 0 unspecified atom stereocenters. The third-order valence-electron chi connectivity index (χ3n) is 10.4. The maximum absolute atomic E-state index is 14.1. The quantitative estimate of drug-likeness (QED) is 0.170. The Morgan fingerprint density at radius 3 is 2.40 bits per heavy atom. The number of thioether (sulfide) groups is 1.